The van der Waals surface area contributed by atoms with Crippen LogP contribution in [0.2, 0.25) is 0 Å². The topological polar surface area (TPSA) is 62.8 Å². The fourth-order valence-corrected chi connectivity index (χ4v) is 4.91. The number of urea groups is 1. The largest absolute Gasteiger partial charge is 0.389 e. The van der Waals surface area contributed by atoms with E-state index in [9.17, 15) is 9.90 Å². The molecule has 2 fully saturated rings. The maximum Gasteiger partial charge on any atom is 0.319 e. The summed E-state index contributed by atoms with van der Waals surface area (Å²) < 4.78 is 0. The molecule has 1 aromatic heterocycles. The minimum atomic E-state index is -0.633. The summed E-state index contributed by atoms with van der Waals surface area (Å²) in [6, 6.07) is 6.47. The van der Waals surface area contributed by atoms with Gasteiger partial charge >= 0.3 is 6.03 Å². The van der Waals surface area contributed by atoms with Gasteiger partial charge in [0.05, 0.1) is 5.60 Å². The van der Waals surface area contributed by atoms with E-state index in [0.29, 0.717) is 19.5 Å². The second-order valence-electron chi connectivity index (χ2n) is 8.88. The highest BCUT2D eigenvalue weighted by Gasteiger charge is 2.46. The molecule has 28 heavy (non-hydrogen) atoms. The van der Waals surface area contributed by atoms with Gasteiger partial charge in [-0.15, -0.1) is 0 Å². The lowest BCUT2D eigenvalue weighted by Gasteiger charge is -2.50. The van der Waals surface area contributed by atoms with E-state index >= 15 is 0 Å². The number of benzene rings is 1. The lowest BCUT2D eigenvalue weighted by molar-refractivity contribution is -0.108. The van der Waals surface area contributed by atoms with Gasteiger partial charge in [0.2, 0.25) is 0 Å². The van der Waals surface area contributed by atoms with Gasteiger partial charge in [0, 0.05) is 69.3 Å². The number of hydrogen-bond acceptors (Lipinski definition) is 3. The van der Waals surface area contributed by atoms with Gasteiger partial charge < -0.3 is 19.9 Å². The zero-order valence-corrected chi connectivity index (χ0v) is 17.5. The van der Waals surface area contributed by atoms with E-state index in [1.807, 2.05) is 4.90 Å². The monoisotopic (exact) mass is 384 g/mol. The Morgan fingerprint density at radius 1 is 1.25 bits per heavy atom. The van der Waals surface area contributed by atoms with E-state index < -0.39 is 5.60 Å². The number of aryl methyl sites for hydroxylation is 2. The number of aromatic amines is 1. The molecule has 0 bridgehead atoms. The van der Waals surface area contributed by atoms with Crippen LogP contribution in [0, 0.1) is 19.8 Å². The number of likely N-dealkylation sites (tertiary alicyclic amines) is 2. The van der Waals surface area contributed by atoms with E-state index in [4.69, 9.17) is 0 Å². The van der Waals surface area contributed by atoms with Gasteiger partial charge in [-0.1, -0.05) is 18.2 Å². The molecular weight excluding hydrogens is 352 g/mol. The Labute approximate surface area is 167 Å². The molecule has 1 aromatic carbocycles. The van der Waals surface area contributed by atoms with Crippen LogP contribution in [0.3, 0.4) is 0 Å². The third-order valence-electron chi connectivity index (χ3n) is 6.80. The molecular formula is C22H32N4O2. The van der Waals surface area contributed by atoms with Crippen LogP contribution in [0.1, 0.15) is 29.7 Å². The van der Waals surface area contributed by atoms with Crippen LogP contribution >= 0.6 is 0 Å². The second-order valence-corrected chi connectivity index (χ2v) is 8.88. The molecule has 2 aliphatic rings. The summed E-state index contributed by atoms with van der Waals surface area (Å²) in [7, 11) is 3.58. The number of carbonyl (C=O) groups is 1. The van der Waals surface area contributed by atoms with Crippen molar-refractivity contribution < 1.29 is 9.90 Å². The number of amides is 2. The summed E-state index contributed by atoms with van der Waals surface area (Å²) in [5.74, 6) is 0.102. The second kappa shape index (κ2) is 7.08. The summed E-state index contributed by atoms with van der Waals surface area (Å²) in [6.07, 6.45) is 1.45. The van der Waals surface area contributed by atoms with Crippen LogP contribution in [0.5, 0.6) is 0 Å². The summed E-state index contributed by atoms with van der Waals surface area (Å²) in [6.45, 7) is 8.17. The maximum atomic E-state index is 12.4. The van der Waals surface area contributed by atoms with E-state index in [1.54, 1.807) is 19.0 Å². The molecule has 0 saturated carbocycles. The fourth-order valence-electron chi connectivity index (χ4n) is 4.91. The van der Waals surface area contributed by atoms with E-state index in [0.717, 1.165) is 26.1 Å². The molecule has 2 atom stereocenters. The first-order valence-electron chi connectivity index (χ1n) is 10.3. The molecule has 2 unspecified atom stereocenters. The maximum absolute atomic E-state index is 12.4. The fraction of sp³-hybridized carbons (Fsp3) is 0.591. The smallest absolute Gasteiger partial charge is 0.319 e. The number of H-pyrrole nitrogens is 1. The average Bonchev–Trinajstić information content (AvgIpc) is 2.98. The van der Waals surface area contributed by atoms with Gasteiger partial charge in [-0.05, 0) is 37.8 Å². The Balaban J connectivity index is 1.50. The summed E-state index contributed by atoms with van der Waals surface area (Å²) in [5, 5.41) is 12.4. The molecule has 2 amide bonds. The predicted octanol–water partition coefficient (Wildman–Crippen LogP) is 2.73. The van der Waals surface area contributed by atoms with Crippen molar-refractivity contribution in [3.63, 3.8) is 0 Å². The number of fused-ring (bicyclic) bond motifs is 2. The normalized spacial score (nSPS) is 25.8. The van der Waals surface area contributed by atoms with Crippen molar-refractivity contribution in [1.29, 1.82) is 0 Å². The number of piperidine rings is 2. The Bertz CT molecular complexity index is 890. The number of rotatable bonds is 2. The zero-order chi connectivity index (χ0) is 20.1. The molecule has 0 aliphatic carbocycles. The third kappa shape index (κ3) is 3.29. The Kier molecular flexibility index (Phi) is 4.88. The van der Waals surface area contributed by atoms with Gasteiger partial charge in [0.15, 0.2) is 0 Å². The molecule has 0 spiro atoms. The highest BCUT2D eigenvalue weighted by atomic mass is 16.3. The zero-order valence-electron chi connectivity index (χ0n) is 17.5. The molecule has 6 heteroatoms. The van der Waals surface area contributed by atoms with Crippen LogP contribution in [-0.2, 0) is 6.54 Å². The number of hydrogen-bond donors (Lipinski definition) is 2. The molecule has 0 radical (unpaired) electrons. The van der Waals surface area contributed by atoms with Crippen molar-refractivity contribution in [3.05, 3.63) is 35.0 Å². The highest BCUT2D eigenvalue weighted by molar-refractivity contribution is 5.86. The predicted molar refractivity (Wildman–Crippen MR) is 111 cm³/mol. The van der Waals surface area contributed by atoms with Gasteiger partial charge in [-0.2, -0.15) is 0 Å². The summed E-state index contributed by atoms with van der Waals surface area (Å²) in [4.78, 5) is 21.9. The van der Waals surface area contributed by atoms with Gasteiger partial charge in [-0.25, -0.2) is 4.79 Å². The van der Waals surface area contributed by atoms with Crippen LogP contribution < -0.4 is 0 Å². The van der Waals surface area contributed by atoms with E-state index in [-0.39, 0.29) is 11.9 Å². The van der Waals surface area contributed by atoms with E-state index in [1.165, 1.54) is 27.7 Å². The average molecular weight is 385 g/mol. The molecule has 2 N–H and O–H groups in total. The number of aliphatic hydroxyl groups is 1. The number of aromatic nitrogens is 1. The molecule has 2 aliphatic heterocycles. The Hall–Kier alpha value is -2.05. The Morgan fingerprint density at radius 2 is 2.00 bits per heavy atom. The van der Waals surface area contributed by atoms with Gasteiger partial charge in [0.25, 0.3) is 0 Å². The highest BCUT2D eigenvalue weighted by Crippen LogP contribution is 2.36. The number of nitrogens with one attached hydrogen (secondary N) is 1. The minimum absolute atomic E-state index is 0.0427. The van der Waals surface area contributed by atoms with Crippen molar-refractivity contribution in [2.24, 2.45) is 5.92 Å². The molecule has 4 rings (SSSR count). The van der Waals surface area contributed by atoms with Crippen LogP contribution in [-0.4, -0.2) is 76.7 Å². The van der Waals surface area contributed by atoms with Gasteiger partial charge in [0.1, 0.15) is 0 Å². The van der Waals surface area contributed by atoms with Gasteiger partial charge in [-0.3, -0.25) is 4.90 Å². The molecule has 2 saturated heterocycles. The van der Waals surface area contributed by atoms with E-state index in [2.05, 4.69) is 41.9 Å². The molecule has 2 aromatic rings. The summed E-state index contributed by atoms with van der Waals surface area (Å²) >= 11 is 0. The molecule has 3 heterocycles. The van der Waals surface area contributed by atoms with Crippen molar-refractivity contribution in [3.8, 4) is 0 Å². The number of nitrogens with zero attached hydrogens (tertiary/aromatic N) is 3. The third-order valence-corrected chi connectivity index (χ3v) is 6.80. The minimum Gasteiger partial charge on any atom is -0.389 e. The lowest BCUT2D eigenvalue weighted by Crippen LogP contribution is -2.61. The Morgan fingerprint density at radius 3 is 2.71 bits per heavy atom. The van der Waals surface area contributed by atoms with Crippen molar-refractivity contribution in [1.82, 2.24) is 19.7 Å². The van der Waals surface area contributed by atoms with Crippen LogP contribution in [0.25, 0.3) is 10.9 Å². The molecule has 6 nitrogen and oxygen atoms in total. The van der Waals surface area contributed by atoms with Crippen LogP contribution in [0.4, 0.5) is 4.79 Å². The van der Waals surface area contributed by atoms with Crippen molar-refractivity contribution in [2.75, 3.05) is 40.3 Å². The number of para-hydroxylation sites is 1. The standard InChI is InChI=1S/C22H32N4O2/c1-15-6-5-7-18-16(2)19(23-20(15)18)14-25-10-8-22(28)9-11-26(13-17(22)12-25)21(27)24(3)4/h5-7,17,23,28H,8-14H2,1-4H3. The number of carbonyl (C=O) groups excluding carboxylic acids is 1. The molecule has 152 valence electrons. The first-order chi connectivity index (χ1) is 13.3. The van der Waals surface area contributed by atoms with Crippen LogP contribution in [0.15, 0.2) is 18.2 Å². The summed E-state index contributed by atoms with van der Waals surface area (Å²) in [5.41, 5.74) is 4.43. The van der Waals surface area contributed by atoms with Crippen molar-refractivity contribution >= 4 is 16.9 Å². The lowest BCUT2D eigenvalue weighted by atomic mass is 9.75. The first kappa shape index (κ1) is 19.3. The first-order valence-corrected chi connectivity index (χ1v) is 10.3. The SMILES string of the molecule is Cc1c(CN2CCC3(O)CCN(C(=O)N(C)C)CC3C2)[nH]c2c(C)cccc12. The quantitative estimate of drug-likeness (QED) is 0.837. The van der Waals surface area contributed by atoms with Crippen molar-refractivity contribution in [2.45, 2.75) is 38.8 Å².